The molecule has 0 saturated carbocycles. The van der Waals surface area contributed by atoms with Crippen molar-refractivity contribution >= 4 is 23.4 Å². The van der Waals surface area contributed by atoms with Crippen molar-refractivity contribution in [2.24, 2.45) is 0 Å². The Morgan fingerprint density at radius 3 is 1.76 bits per heavy atom. The zero-order valence-electron chi connectivity index (χ0n) is 19.8. The number of hydrogen-bond acceptors (Lipinski definition) is 4. The van der Waals surface area contributed by atoms with E-state index in [-0.39, 0.29) is 0 Å². The van der Waals surface area contributed by atoms with Gasteiger partial charge in [-0.1, -0.05) is 48.5 Å². The largest absolute Gasteiger partial charge is 0.478 e. The van der Waals surface area contributed by atoms with Crippen molar-refractivity contribution in [1.82, 2.24) is 9.97 Å². The second kappa shape index (κ2) is 9.67. The first-order valence-electron chi connectivity index (χ1n) is 11.0. The molecule has 4 aromatic rings. The minimum absolute atomic E-state index is 0.757. The van der Waals surface area contributed by atoms with Gasteiger partial charge in [0.15, 0.2) is 0 Å². The number of aliphatic carboxylic acids is 1. The molecule has 34 heavy (non-hydrogen) atoms. The molecule has 0 radical (unpaired) electrons. The SMILES string of the molecule is CN(C)c1ccc(-c2nc(-c3ccc(/C=C/C(=O)O)cc3)[nH]c2-c2ccc(N(C)C)cc2)cc1. The van der Waals surface area contributed by atoms with Gasteiger partial charge in [-0.2, -0.15) is 0 Å². The van der Waals surface area contributed by atoms with E-state index in [9.17, 15) is 4.79 Å². The summed E-state index contributed by atoms with van der Waals surface area (Å²) in [5, 5.41) is 8.84. The van der Waals surface area contributed by atoms with Crippen LogP contribution in [0, 0.1) is 0 Å². The monoisotopic (exact) mass is 452 g/mol. The summed E-state index contributed by atoms with van der Waals surface area (Å²) in [5.74, 6) is -0.211. The highest BCUT2D eigenvalue weighted by Crippen LogP contribution is 2.34. The van der Waals surface area contributed by atoms with Gasteiger partial charge < -0.3 is 19.9 Å². The van der Waals surface area contributed by atoms with E-state index in [2.05, 4.69) is 63.3 Å². The van der Waals surface area contributed by atoms with Gasteiger partial charge in [0.05, 0.1) is 11.4 Å². The molecule has 0 aliphatic heterocycles. The van der Waals surface area contributed by atoms with Crippen LogP contribution >= 0.6 is 0 Å². The summed E-state index contributed by atoms with van der Waals surface area (Å²) in [6.45, 7) is 0. The highest BCUT2D eigenvalue weighted by molar-refractivity contribution is 5.85. The van der Waals surface area contributed by atoms with Gasteiger partial charge in [0.2, 0.25) is 0 Å². The number of imidazole rings is 1. The Hall–Kier alpha value is -4.32. The average molecular weight is 453 g/mol. The van der Waals surface area contributed by atoms with Gasteiger partial charge >= 0.3 is 5.97 Å². The summed E-state index contributed by atoms with van der Waals surface area (Å²) >= 11 is 0. The fraction of sp³-hybridized carbons (Fsp3) is 0.143. The molecule has 0 aliphatic carbocycles. The molecule has 6 heteroatoms. The Bertz CT molecular complexity index is 1230. The van der Waals surface area contributed by atoms with E-state index in [0.29, 0.717) is 0 Å². The number of carboxylic acid groups (broad SMARTS) is 1. The summed E-state index contributed by atoms with van der Waals surface area (Å²) in [7, 11) is 8.09. The lowest BCUT2D eigenvalue weighted by Gasteiger charge is -2.13. The second-order valence-corrected chi connectivity index (χ2v) is 8.49. The quantitative estimate of drug-likeness (QED) is 0.355. The van der Waals surface area contributed by atoms with Crippen LogP contribution in [0.5, 0.6) is 0 Å². The minimum atomic E-state index is -0.968. The number of anilines is 2. The molecule has 0 spiro atoms. The van der Waals surface area contributed by atoms with Crippen LogP contribution in [0.4, 0.5) is 11.4 Å². The maximum atomic E-state index is 10.8. The summed E-state index contributed by atoms with van der Waals surface area (Å²) in [5.41, 5.74) is 7.91. The molecule has 0 aliphatic rings. The lowest BCUT2D eigenvalue weighted by molar-refractivity contribution is -0.131. The lowest BCUT2D eigenvalue weighted by atomic mass is 10.0. The number of carboxylic acids is 1. The van der Waals surface area contributed by atoms with Crippen LogP contribution in [-0.4, -0.2) is 49.2 Å². The van der Waals surface area contributed by atoms with Crippen LogP contribution in [0.3, 0.4) is 0 Å². The molecule has 0 unspecified atom stereocenters. The number of nitrogens with zero attached hydrogens (tertiary/aromatic N) is 3. The van der Waals surface area contributed by atoms with E-state index in [1.54, 1.807) is 6.08 Å². The van der Waals surface area contributed by atoms with Gasteiger partial charge in [0.1, 0.15) is 5.82 Å². The van der Waals surface area contributed by atoms with Crippen molar-refractivity contribution in [3.63, 3.8) is 0 Å². The Kier molecular flexibility index (Phi) is 6.50. The summed E-state index contributed by atoms with van der Waals surface area (Å²) in [4.78, 5) is 23.4. The number of benzene rings is 3. The number of H-pyrrole nitrogens is 1. The van der Waals surface area contributed by atoms with Crippen LogP contribution < -0.4 is 9.80 Å². The van der Waals surface area contributed by atoms with Crippen molar-refractivity contribution in [1.29, 1.82) is 0 Å². The van der Waals surface area contributed by atoms with Crippen LogP contribution in [0.2, 0.25) is 0 Å². The predicted molar refractivity (Wildman–Crippen MR) is 140 cm³/mol. The van der Waals surface area contributed by atoms with Gasteiger partial charge in [0.25, 0.3) is 0 Å². The normalized spacial score (nSPS) is 11.1. The van der Waals surface area contributed by atoms with E-state index in [1.807, 2.05) is 52.5 Å². The van der Waals surface area contributed by atoms with Crippen molar-refractivity contribution in [3.05, 3.63) is 84.4 Å². The highest BCUT2D eigenvalue weighted by Gasteiger charge is 2.16. The van der Waals surface area contributed by atoms with Crippen LogP contribution in [0.25, 0.3) is 40.0 Å². The maximum absolute atomic E-state index is 10.8. The summed E-state index contributed by atoms with van der Waals surface area (Å²) < 4.78 is 0. The molecule has 2 N–H and O–H groups in total. The Morgan fingerprint density at radius 2 is 1.26 bits per heavy atom. The van der Waals surface area contributed by atoms with E-state index in [1.165, 1.54) is 0 Å². The van der Waals surface area contributed by atoms with Gasteiger partial charge in [-0.05, 0) is 35.9 Å². The Labute approximate surface area is 199 Å². The third kappa shape index (κ3) is 5.02. The third-order valence-corrected chi connectivity index (χ3v) is 5.64. The number of carbonyl (C=O) groups is 1. The van der Waals surface area contributed by atoms with Gasteiger partial charge in [0, 0.05) is 62.3 Å². The standard InChI is InChI=1S/C28H28N4O2/c1-31(2)23-14-10-20(11-15-23)26-27(21-12-16-24(17-13-21)32(3)4)30-28(29-26)22-8-5-19(6-9-22)7-18-25(33)34/h5-18H,1-4H3,(H,29,30)(H,33,34)/b18-7+. The minimum Gasteiger partial charge on any atom is -0.478 e. The molecule has 0 bridgehead atoms. The molecule has 4 rings (SSSR count). The topological polar surface area (TPSA) is 72.5 Å². The third-order valence-electron chi connectivity index (χ3n) is 5.64. The first-order valence-corrected chi connectivity index (χ1v) is 11.0. The smallest absolute Gasteiger partial charge is 0.328 e. The van der Waals surface area contributed by atoms with Crippen LogP contribution in [0.1, 0.15) is 5.56 Å². The van der Waals surface area contributed by atoms with E-state index >= 15 is 0 Å². The number of nitrogens with one attached hydrogen (secondary N) is 1. The van der Waals surface area contributed by atoms with Crippen molar-refractivity contribution in [2.45, 2.75) is 0 Å². The number of aromatic amines is 1. The lowest BCUT2D eigenvalue weighted by Crippen LogP contribution is -2.08. The van der Waals surface area contributed by atoms with Gasteiger partial charge in [-0.25, -0.2) is 9.78 Å². The van der Waals surface area contributed by atoms with Crippen molar-refractivity contribution in [2.75, 3.05) is 38.0 Å². The van der Waals surface area contributed by atoms with Crippen molar-refractivity contribution < 1.29 is 9.90 Å². The molecule has 172 valence electrons. The number of hydrogen-bond donors (Lipinski definition) is 2. The molecule has 0 amide bonds. The molecule has 0 atom stereocenters. The summed E-state index contributed by atoms with van der Waals surface area (Å²) in [6, 6.07) is 24.4. The molecule has 3 aromatic carbocycles. The Morgan fingerprint density at radius 1 is 0.765 bits per heavy atom. The Balaban J connectivity index is 1.77. The molecule has 6 nitrogen and oxygen atoms in total. The average Bonchev–Trinajstić information content (AvgIpc) is 3.28. The highest BCUT2D eigenvalue weighted by atomic mass is 16.4. The molecular formula is C28H28N4O2. The maximum Gasteiger partial charge on any atom is 0.328 e. The van der Waals surface area contributed by atoms with Crippen LogP contribution in [-0.2, 0) is 4.79 Å². The van der Waals surface area contributed by atoms with E-state index < -0.39 is 5.97 Å². The number of rotatable bonds is 7. The zero-order valence-corrected chi connectivity index (χ0v) is 19.8. The first-order chi connectivity index (χ1) is 16.3. The molecule has 0 saturated heterocycles. The van der Waals surface area contributed by atoms with Gasteiger partial charge in [-0.3, -0.25) is 0 Å². The number of aromatic nitrogens is 2. The molecular weight excluding hydrogens is 424 g/mol. The second-order valence-electron chi connectivity index (χ2n) is 8.49. The van der Waals surface area contributed by atoms with Gasteiger partial charge in [-0.15, -0.1) is 0 Å². The van der Waals surface area contributed by atoms with Crippen LogP contribution in [0.15, 0.2) is 78.9 Å². The summed E-state index contributed by atoms with van der Waals surface area (Å²) in [6.07, 6.45) is 2.70. The van der Waals surface area contributed by atoms with Crippen molar-refractivity contribution in [3.8, 4) is 33.9 Å². The first kappa shape index (κ1) is 22.9. The molecule has 1 aromatic heterocycles. The zero-order chi connectivity index (χ0) is 24.2. The van der Waals surface area contributed by atoms with E-state index in [4.69, 9.17) is 10.1 Å². The predicted octanol–water partition coefficient (Wildman–Crippen LogP) is 5.64. The fourth-order valence-electron chi connectivity index (χ4n) is 3.69. The molecule has 0 fully saturated rings. The molecule has 1 heterocycles. The van der Waals surface area contributed by atoms with E-state index in [0.717, 1.165) is 56.9 Å². The fourth-order valence-corrected chi connectivity index (χ4v) is 3.69.